The van der Waals surface area contributed by atoms with Crippen LogP contribution in [0.1, 0.15) is 18.1 Å². The van der Waals surface area contributed by atoms with Crippen LogP contribution >= 0.6 is 0 Å². The molecule has 0 aliphatic rings. The summed E-state index contributed by atoms with van der Waals surface area (Å²) in [6, 6.07) is 5.83. The van der Waals surface area contributed by atoms with Crippen LogP contribution in [0.2, 0.25) is 0 Å². The normalized spacial score (nSPS) is 12.9. The van der Waals surface area contributed by atoms with Crippen LogP contribution < -0.4 is 5.73 Å². The minimum absolute atomic E-state index is 0.145. The van der Waals surface area contributed by atoms with E-state index in [2.05, 4.69) is 0 Å². The average Bonchev–Trinajstić information content (AvgIpc) is 1.96. The molecular formula is C10H15NO. The third-order valence-electron chi connectivity index (χ3n) is 1.83. The van der Waals surface area contributed by atoms with Gasteiger partial charge in [-0.15, -0.1) is 0 Å². The first-order valence-corrected chi connectivity index (χ1v) is 4.13. The summed E-state index contributed by atoms with van der Waals surface area (Å²) in [6.07, 6.45) is 0.813. The number of nitrogens with two attached hydrogens (primary N) is 1. The Kier molecular flexibility index (Phi) is 2.71. The lowest BCUT2D eigenvalue weighted by Gasteiger charge is -2.06. The van der Waals surface area contributed by atoms with E-state index in [0.717, 1.165) is 17.5 Å². The highest BCUT2D eigenvalue weighted by molar-refractivity contribution is 5.35. The van der Waals surface area contributed by atoms with E-state index in [1.807, 2.05) is 26.0 Å². The van der Waals surface area contributed by atoms with Crippen molar-refractivity contribution in [1.82, 2.24) is 0 Å². The Morgan fingerprint density at radius 1 is 1.50 bits per heavy atom. The first-order chi connectivity index (χ1) is 5.59. The summed E-state index contributed by atoms with van der Waals surface area (Å²) in [5, 5.41) is 9.37. The molecule has 0 unspecified atom stereocenters. The number of aromatic hydroxyl groups is 1. The average molecular weight is 165 g/mol. The minimum atomic E-state index is 0.145. The smallest absolute Gasteiger partial charge is 0.118 e. The summed E-state index contributed by atoms with van der Waals surface area (Å²) in [7, 11) is 0. The zero-order valence-corrected chi connectivity index (χ0v) is 7.54. The van der Waals surface area contributed by atoms with Crippen molar-refractivity contribution in [3.05, 3.63) is 29.3 Å². The number of rotatable bonds is 2. The van der Waals surface area contributed by atoms with E-state index in [9.17, 15) is 5.11 Å². The van der Waals surface area contributed by atoms with E-state index >= 15 is 0 Å². The van der Waals surface area contributed by atoms with Crippen LogP contribution in [0, 0.1) is 6.92 Å². The van der Waals surface area contributed by atoms with Crippen molar-refractivity contribution >= 4 is 0 Å². The summed E-state index contributed by atoms with van der Waals surface area (Å²) in [5.74, 6) is 0.355. The molecule has 0 saturated heterocycles. The lowest BCUT2D eigenvalue weighted by atomic mass is 10.1. The van der Waals surface area contributed by atoms with Gasteiger partial charge in [-0.25, -0.2) is 0 Å². The third kappa shape index (κ3) is 2.24. The van der Waals surface area contributed by atoms with Gasteiger partial charge in [-0.1, -0.05) is 12.1 Å². The van der Waals surface area contributed by atoms with Crippen molar-refractivity contribution in [2.45, 2.75) is 26.3 Å². The first kappa shape index (κ1) is 9.07. The Hall–Kier alpha value is -1.02. The number of benzene rings is 1. The summed E-state index contributed by atoms with van der Waals surface area (Å²) < 4.78 is 0. The number of phenolic OH excluding ortho intramolecular Hbond substituents is 1. The van der Waals surface area contributed by atoms with Crippen molar-refractivity contribution in [2.24, 2.45) is 5.73 Å². The standard InChI is InChI=1S/C10H15NO/c1-7-3-4-9(5-8(2)11)6-10(7)12/h3-4,6,8,12H,5,11H2,1-2H3/t8-/m0/s1. The number of hydrogen-bond acceptors (Lipinski definition) is 2. The summed E-state index contributed by atoms with van der Waals surface area (Å²) >= 11 is 0. The molecule has 12 heavy (non-hydrogen) atoms. The predicted octanol–water partition coefficient (Wildman–Crippen LogP) is 1.59. The molecule has 1 rings (SSSR count). The monoisotopic (exact) mass is 165 g/mol. The van der Waals surface area contributed by atoms with Crippen molar-refractivity contribution < 1.29 is 5.11 Å². The zero-order valence-electron chi connectivity index (χ0n) is 7.54. The fourth-order valence-electron chi connectivity index (χ4n) is 1.15. The fraction of sp³-hybridized carbons (Fsp3) is 0.400. The molecule has 0 radical (unpaired) electrons. The molecule has 0 saturated carbocycles. The van der Waals surface area contributed by atoms with E-state index < -0.39 is 0 Å². The van der Waals surface area contributed by atoms with Crippen LogP contribution in [0.4, 0.5) is 0 Å². The Balaban J connectivity index is 2.82. The van der Waals surface area contributed by atoms with E-state index in [1.54, 1.807) is 6.07 Å². The molecule has 0 fully saturated rings. The van der Waals surface area contributed by atoms with Crippen LogP contribution in [0.25, 0.3) is 0 Å². The van der Waals surface area contributed by atoms with Gasteiger partial charge >= 0.3 is 0 Å². The number of aryl methyl sites for hydroxylation is 1. The lowest BCUT2D eigenvalue weighted by molar-refractivity contribution is 0.470. The van der Waals surface area contributed by atoms with Crippen molar-refractivity contribution in [3.8, 4) is 5.75 Å². The van der Waals surface area contributed by atoms with Gasteiger partial charge < -0.3 is 10.8 Å². The molecule has 0 spiro atoms. The van der Waals surface area contributed by atoms with Gasteiger partial charge in [0.1, 0.15) is 5.75 Å². The van der Waals surface area contributed by atoms with Gasteiger partial charge in [-0.2, -0.15) is 0 Å². The van der Waals surface area contributed by atoms with E-state index in [4.69, 9.17) is 5.73 Å². The van der Waals surface area contributed by atoms with Crippen LogP contribution in [-0.4, -0.2) is 11.1 Å². The van der Waals surface area contributed by atoms with Crippen LogP contribution in [0.5, 0.6) is 5.75 Å². The SMILES string of the molecule is Cc1ccc(C[C@H](C)N)cc1O. The molecule has 2 nitrogen and oxygen atoms in total. The molecule has 0 amide bonds. The molecule has 0 bridgehead atoms. The van der Waals surface area contributed by atoms with Gasteiger partial charge in [0.2, 0.25) is 0 Å². The van der Waals surface area contributed by atoms with Gasteiger partial charge in [0.05, 0.1) is 0 Å². The first-order valence-electron chi connectivity index (χ1n) is 4.13. The van der Waals surface area contributed by atoms with Crippen LogP contribution in [-0.2, 0) is 6.42 Å². The maximum absolute atomic E-state index is 9.37. The molecule has 2 heteroatoms. The summed E-state index contributed by atoms with van der Waals surface area (Å²) in [5.41, 5.74) is 7.63. The Bertz CT molecular complexity index is 269. The maximum atomic E-state index is 9.37. The molecule has 1 aromatic carbocycles. The van der Waals surface area contributed by atoms with Gasteiger partial charge in [0, 0.05) is 6.04 Å². The van der Waals surface area contributed by atoms with Crippen molar-refractivity contribution in [2.75, 3.05) is 0 Å². The van der Waals surface area contributed by atoms with Crippen LogP contribution in [0.3, 0.4) is 0 Å². The second kappa shape index (κ2) is 3.59. The highest BCUT2D eigenvalue weighted by Gasteiger charge is 2.00. The van der Waals surface area contributed by atoms with Gasteiger partial charge in [0.25, 0.3) is 0 Å². The number of hydrogen-bond donors (Lipinski definition) is 2. The molecule has 1 aromatic rings. The van der Waals surface area contributed by atoms with Crippen molar-refractivity contribution in [3.63, 3.8) is 0 Å². The Labute approximate surface area is 73.0 Å². The quantitative estimate of drug-likeness (QED) is 0.699. The molecular weight excluding hydrogens is 150 g/mol. The number of phenols is 1. The molecule has 3 N–H and O–H groups in total. The third-order valence-corrected chi connectivity index (χ3v) is 1.83. The second-order valence-corrected chi connectivity index (χ2v) is 3.30. The molecule has 0 aliphatic heterocycles. The molecule has 0 aliphatic carbocycles. The largest absolute Gasteiger partial charge is 0.508 e. The summed E-state index contributed by atoms with van der Waals surface area (Å²) in [6.45, 7) is 3.84. The van der Waals surface area contributed by atoms with Gasteiger partial charge in [-0.05, 0) is 37.5 Å². The zero-order chi connectivity index (χ0) is 9.14. The maximum Gasteiger partial charge on any atom is 0.118 e. The highest BCUT2D eigenvalue weighted by Crippen LogP contribution is 2.17. The predicted molar refractivity (Wildman–Crippen MR) is 50.2 cm³/mol. The van der Waals surface area contributed by atoms with E-state index in [-0.39, 0.29) is 6.04 Å². The van der Waals surface area contributed by atoms with Gasteiger partial charge in [0.15, 0.2) is 0 Å². The van der Waals surface area contributed by atoms with E-state index in [1.165, 1.54) is 0 Å². The lowest BCUT2D eigenvalue weighted by Crippen LogP contribution is -2.17. The van der Waals surface area contributed by atoms with Crippen molar-refractivity contribution in [1.29, 1.82) is 0 Å². The molecule has 0 heterocycles. The topological polar surface area (TPSA) is 46.2 Å². The Morgan fingerprint density at radius 2 is 2.17 bits per heavy atom. The highest BCUT2D eigenvalue weighted by atomic mass is 16.3. The fourth-order valence-corrected chi connectivity index (χ4v) is 1.15. The Morgan fingerprint density at radius 3 is 2.67 bits per heavy atom. The van der Waals surface area contributed by atoms with Crippen LogP contribution in [0.15, 0.2) is 18.2 Å². The van der Waals surface area contributed by atoms with Gasteiger partial charge in [-0.3, -0.25) is 0 Å². The second-order valence-electron chi connectivity index (χ2n) is 3.30. The summed E-state index contributed by atoms with van der Waals surface area (Å²) in [4.78, 5) is 0. The molecule has 1 atom stereocenters. The van der Waals surface area contributed by atoms with E-state index in [0.29, 0.717) is 5.75 Å². The molecule has 66 valence electrons. The molecule has 0 aromatic heterocycles. The minimum Gasteiger partial charge on any atom is -0.508 e.